The smallest absolute Gasteiger partial charge is 0.243 e. The third kappa shape index (κ3) is 3.17. The quantitative estimate of drug-likeness (QED) is 0.850. The third-order valence-electron chi connectivity index (χ3n) is 5.93. The second kappa shape index (κ2) is 7.29. The summed E-state index contributed by atoms with van der Waals surface area (Å²) >= 11 is 0. The number of benzene rings is 1. The van der Waals surface area contributed by atoms with E-state index in [2.05, 4.69) is 19.2 Å². The van der Waals surface area contributed by atoms with Crippen LogP contribution in [0.3, 0.4) is 0 Å². The molecule has 2 atom stereocenters. The topological polar surface area (TPSA) is 69.7 Å². The molecule has 0 aliphatic carbocycles. The van der Waals surface area contributed by atoms with Gasteiger partial charge in [-0.3, -0.25) is 10.1 Å². The molecular weight excluding hydrogens is 350 g/mol. The van der Waals surface area contributed by atoms with E-state index in [0.717, 1.165) is 6.42 Å². The van der Waals surface area contributed by atoms with Gasteiger partial charge in [-0.25, -0.2) is 8.42 Å². The van der Waals surface area contributed by atoms with Gasteiger partial charge in [0.2, 0.25) is 15.9 Å². The van der Waals surface area contributed by atoms with Crippen molar-refractivity contribution in [2.24, 2.45) is 5.92 Å². The molecule has 0 bridgehead atoms. The van der Waals surface area contributed by atoms with Gasteiger partial charge < -0.3 is 4.90 Å². The number of carbonyl (C=O) groups excluding carboxylic acids is 1. The van der Waals surface area contributed by atoms with Gasteiger partial charge in [0.15, 0.2) is 0 Å². The van der Waals surface area contributed by atoms with Crippen molar-refractivity contribution in [1.82, 2.24) is 14.5 Å². The molecule has 1 N–H and O–H groups in total. The van der Waals surface area contributed by atoms with E-state index in [0.29, 0.717) is 37.4 Å². The molecule has 2 fully saturated rings. The van der Waals surface area contributed by atoms with Crippen molar-refractivity contribution in [3.8, 4) is 0 Å². The SMILES string of the molecule is CC[C@H](C)[C@H]1NC2(CCN(S(=O)(=O)c3ccccc3)CC2)N(CC)C1=O. The summed E-state index contributed by atoms with van der Waals surface area (Å²) in [7, 11) is -3.48. The van der Waals surface area contributed by atoms with E-state index < -0.39 is 15.7 Å². The van der Waals surface area contributed by atoms with Crippen molar-refractivity contribution in [2.75, 3.05) is 19.6 Å². The Hall–Kier alpha value is -1.44. The number of rotatable bonds is 5. The first kappa shape index (κ1) is 19.3. The Bertz CT molecular complexity index is 743. The van der Waals surface area contributed by atoms with Gasteiger partial charge in [0, 0.05) is 19.6 Å². The van der Waals surface area contributed by atoms with E-state index in [1.807, 2.05) is 17.9 Å². The summed E-state index contributed by atoms with van der Waals surface area (Å²) in [6.45, 7) is 7.66. The lowest BCUT2D eigenvalue weighted by Crippen LogP contribution is -2.59. The zero-order valence-electron chi connectivity index (χ0n) is 15.8. The molecule has 2 saturated heterocycles. The predicted octanol–water partition coefficient (Wildman–Crippen LogP) is 2.03. The first-order valence-corrected chi connectivity index (χ1v) is 10.9. The Labute approximate surface area is 156 Å². The van der Waals surface area contributed by atoms with Crippen LogP contribution in [0, 0.1) is 5.92 Å². The van der Waals surface area contributed by atoms with E-state index in [9.17, 15) is 13.2 Å². The summed E-state index contributed by atoms with van der Waals surface area (Å²) in [6.07, 6.45) is 2.17. The number of hydrogen-bond donors (Lipinski definition) is 1. The van der Waals surface area contributed by atoms with Crippen LogP contribution in [-0.4, -0.2) is 54.9 Å². The molecule has 26 heavy (non-hydrogen) atoms. The van der Waals surface area contributed by atoms with Crippen molar-refractivity contribution in [3.05, 3.63) is 30.3 Å². The minimum atomic E-state index is -3.48. The summed E-state index contributed by atoms with van der Waals surface area (Å²) in [5.41, 5.74) is -0.414. The zero-order chi connectivity index (χ0) is 18.9. The normalized spacial score (nSPS) is 25.0. The van der Waals surface area contributed by atoms with Crippen molar-refractivity contribution in [1.29, 1.82) is 0 Å². The van der Waals surface area contributed by atoms with Gasteiger partial charge in [-0.2, -0.15) is 4.31 Å². The number of sulfonamides is 1. The summed E-state index contributed by atoms with van der Waals surface area (Å²) in [6, 6.07) is 8.39. The molecule has 6 nitrogen and oxygen atoms in total. The molecule has 2 aliphatic heterocycles. The van der Waals surface area contributed by atoms with Crippen LogP contribution in [0.15, 0.2) is 35.2 Å². The second-order valence-corrected chi connectivity index (χ2v) is 9.28. The monoisotopic (exact) mass is 379 g/mol. The van der Waals surface area contributed by atoms with Crippen LogP contribution in [0.5, 0.6) is 0 Å². The van der Waals surface area contributed by atoms with Gasteiger partial charge in [0.1, 0.15) is 0 Å². The highest BCUT2D eigenvalue weighted by Gasteiger charge is 2.52. The lowest BCUT2D eigenvalue weighted by molar-refractivity contribution is -0.133. The fourth-order valence-electron chi connectivity index (χ4n) is 4.14. The summed E-state index contributed by atoms with van der Waals surface area (Å²) in [5.74, 6) is 0.420. The number of nitrogens with zero attached hydrogens (tertiary/aromatic N) is 2. The second-order valence-electron chi connectivity index (χ2n) is 7.34. The van der Waals surface area contributed by atoms with Crippen LogP contribution in [0.2, 0.25) is 0 Å². The Morgan fingerprint density at radius 1 is 1.19 bits per heavy atom. The molecule has 3 rings (SSSR count). The molecule has 1 aromatic rings. The van der Waals surface area contributed by atoms with Gasteiger partial charge in [-0.15, -0.1) is 0 Å². The third-order valence-corrected chi connectivity index (χ3v) is 7.85. The lowest BCUT2D eigenvalue weighted by atomic mass is 9.96. The number of carbonyl (C=O) groups is 1. The zero-order valence-corrected chi connectivity index (χ0v) is 16.6. The van der Waals surface area contributed by atoms with Crippen molar-refractivity contribution < 1.29 is 13.2 Å². The molecule has 0 aromatic heterocycles. The fraction of sp³-hybridized carbons (Fsp3) is 0.632. The minimum absolute atomic E-state index is 0.154. The molecule has 144 valence electrons. The van der Waals surface area contributed by atoms with Gasteiger partial charge in [0.05, 0.1) is 16.6 Å². The van der Waals surface area contributed by atoms with Crippen LogP contribution in [0.4, 0.5) is 0 Å². The standard InChI is InChI=1S/C19H29N3O3S/c1-4-15(3)17-18(23)22(5-2)19(20-17)11-13-21(14-12-19)26(24,25)16-9-7-6-8-10-16/h6-10,15,17,20H,4-5,11-14H2,1-3H3/t15-,17+/m0/s1. The number of piperidine rings is 1. The predicted molar refractivity (Wildman–Crippen MR) is 101 cm³/mol. The Morgan fingerprint density at radius 2 is 1.81 bits per heavy atom. The number of likely N-dealkylation sites (N-methyl/N-ethyl adjacent to an activating group) is 1. The number of amides is 1. The molecule has 1 aromatic carbocycles. The van der Waals surface area contributed by atoms with Gasteiger partial charge in [0.25, 0.3) is 0 Å². The van der Waals surface area contributed by atoms with E-state index in [1.54, 1.807) is 28.6 Å². The Kier molecular flexibility index (Phi) is 5.42. The molecule has 0 unspecified atom stereocenters. The van der Waals surface area contributed by atoms with E-state index in [-0.39, 0.29) is 17.9 Å². The van der Waals surface area contributed by atoms with Crippen molar-refractivity contribution in [2.45, 2.75) is 56.6 Å². The maximum atomic E-state index is 12.8. The van der Waals surface area contributed by atoms with E-state index >= 15 is 0 Å². The molecule has 2 aliphatic rings. The summed E-state index contributed by atoms with van der Waals surface area (Å²) in [5, 5.41) is 3.57. The Morgan fingerprint density at radius 3 is 2.35 bits per heavy atom. The molecule has 1 spiro atoms. The molecule has 2 heterocycles. The highest BCUT2D eigenvalue weighted by molar-refractivity contribution is 7.89. The number of hydrogen-bond acceptors (Lipinski definition) is 4. The molecular formula is C19H29N3O3S. The largest absolute Gasteiger partial charge is 0.323 e. The lowest BCUT2D eigenvalue weighted by Gasteiger charge is -2.44. The molecule has 7 heteroatoms. The van der Waals surface area contributed by atoms with Crippen LogP contribution in [0.1, 0.15) is 40.0 Å². The highest BCUT2D eigenvalue weighted by Crippen LogP contribution is 2.36. The maximum absolute atomic E-state index is 12.8. The average molecular weight is 380 g/mol. The fourth-order valence-corrected chi connectivity index (χ4v) is 5.60. The van der Waals surface area contributed by atoms with Crippen molar-refractivity contribution in [3.63, 3.8) is 0 Å². The maximum Gasteiger partial charge on any atom is 0.243 e. The van der Waals surface area contributed by atoms with Gasteiger partial charge >= 0.3 is 0 Å². The first-order chi connectivity index (χ1) is 12.4. The van der Waals surface area contributed by atoms with Gasteiger partial charge in [-0.05, 0) is 37.8 Å². The molecule has 1 amide bonds. The summed E-state index contributed by atoms with van der Waals surface area (Å²) < 4.78 is 27.2. The number of nitrogens with one attached hydrogen (secondary N) is 1. The highest BCUT2D eigenvalue weighted by atomic mass is 32.2. The van der Waals surface area contributed by atoms with E-state index in [1.165, 1.54) is 0 Å². The molecule has 0 radical (unpaired) electrons. The van der Waals surface area contributed by atoms with Crippen LogP contribution < -0.4 is 5.32 Å². The van der Waals surface area contributed by atoms with Crippen LogP contribution in [0.25, 0.3) is 0 Å². The minimum Gasteiger partial charge on any atom is -0.323 e. The van der Waals surface area contributed by atoms with Crippen LogP contribution >= 0.6 is 0 Å². The Balaban J connectivity index is 1.78. The summed E-state index contributed by atoms with van der Waals surface area (Å²) in [4.78, 5) is 15.1. The van der Waals surface area contributed by atoms with Gasteiger partial charge in [-0.1, -0.05) is 38.5 Å². The first-order valence-electron chi connectivity index (χ1n) is 9.50. The average Bonchev–Trinajstić information content (AvgIpc) is 2.93. The van der Waals surface area contributed by atoms with Crippen molar-refractivity contribution >= 4 is 15.9 Å². The van der Waals surface area contributed by atoms with E-state index in [4.69, 9.17) is 0 Å². The van der Waals surface area contributed by atoms with Crippen LogP contribution in [-0.2, 0) is 14.8 Å². The molecule has 0 saturated carbocycles.